The van der Waals surface area contributed by atoms with Crippen molar-refractivity contribution >= 4 is 33.3 Å². The monoisotopic (exact) mass is 360 g/mol. The number of benzene rings is 1. The molecule has 1 aliphatic rings. The number of rotatable bonds is 5. The van der Waals surface area contributed by atoms with Gasteiger partial charge in [-0.1, -0.05) is 0 Å². The standard InChI is InChI=1S/C13H16N4O4S.ClH/c14-10(7-1-2-7)6-15-22(20,21)8-3-4-11-9(5-8)12(18)17-13(19)16-11;/h3-5,7,10,15H,1-2,6,14H2,(H2,16,17,18,19);1H. The molecule has 1 unspecified atom stereocenters. The lowest BCUT2D eigenvalue weighted by molar-refractivity contribution is 0.548. The number of nitrogens with two attached hydrogens (primary N) is 1. The van der Waals surface area contributed by atoms with Gasteiger partial charge in [0, 0.05) is 12.6 Å². The van der Waals surface area contributed by atoms with E-state index in [4.69, 9.17) is 5.73 Å². The zero-order valence-corrected chi connectivity index (χ0v) is 13.7. The minimum absolute atomic E-state index is 0. The molecule has 126 valence electrons. The van der Waals surface area contributed by atoms with Gasteiger partial charge in [-0.05, 0) is 37.0 Å². The highest BCUT2D eigenvalue weighted by molar-refractivity contribution is 7.89. The normalized spacial score (nSPS) is 16.0. The smallest absolute Gasteiger partial charge is 0.326 e. The summed E-state index contributed by atoms with van der Waals surface area (Å²) in [6.07, 6.45) is 2.06. The molecule has 8 nitrogen and oxygen atoms in total. The number of hydrogen-bond acceptors (Lipinski definition) is 5. The Hall–Kier alpha value is -1.68. The summed E-state index contributed by atoms with van der Waals surface area (Å²) in [5.74, 6) is 0.382. The number of nitrogens with one attached hydrogen (secondary N) is 3. The lowest BCUT2D eigenvalue weighted by Crippen LogP contribution is -2.38. The molecule has 0 spiro atoms. The highest BCUT2D eigenvalue weighted by atomic mass is 35.5. The fraction of sp³-hybridized carbons (Fsp3) is 0.385. The molecule has 0 aliphatic heterocycles. The number of hydrogen-bond donors (Lipinski definition) is 4. The van der Waals surface area contributed by atoms with Crippen LogP contribution in [0.1, 0.15) is 12.8 Å². The van der Waals surface area contributed by atoms with E-state index in [9.17, 15) is 18.0 Å². The van der Waals surface area contributed by atoms with Gasteiger partial charge in [-0.2, -0.15) is 0 Å². The average molecular weight is 361 g/mol. The molecule has 1 heterocycles. The van der Waals surface area contributed by atoms with Gasteiger partial charge < -0.3 is 10.7 Å². The predicted molar refractivity (Wildman–Crippen MR) is 88.3 cm³/mol. The third-order valence-electron chi connectivity index (χ3n) is 3.76. The van der Waals surface area contributed by atoms with Crippen LogP contribution in [-0.2, 0) is 10.0 Å². The summed E-state index contributed by atoms with van der Waals surface area (Å²) in [5, 5.41) is 0.106. The van der Waals surface area contributed by atoms with Gasteiger partial charge in [0.05, 0.1) is 15.8 Å². The molecular weight excluding hydrogens is 344 g/mol. The van der Waals surface area contributed by atoms with Gasteiger partial charge in [-0.25, -0.2) is 17.9 Å². The first kappa shape index (κ1) is 17.7. The highest BCUT2D eigenvalue weighted by Gasteiger charge is 2.29. The van der Waals surface area contributed by atoms with E-state index in [1.54, 1.807) is 0 Å². The van der Waals surface area contributed by atoms with Gasteiger partial charge in [0.2, 0.25) is 10.0 Å². The zero-order valence-electron chi connectivity index (χ0n) is 12.0. The second kappa shape index (κ2) is 6.44. The molecule has 0 bridgehead atoms. The van der Waals surface area contributed by atoms with Gasteiger partial charge in [0.15, 0.2) is 0 Å². The van der Waals surface area contributed by atoms with Crippen LogP contribution in [0, 0.1) is 5.92 Å². The van der Waals surface area contributed by atoms with Crippen LogP contribution in [0.25, 0.3) is 10.9 Å². The largest absolute Gasteiger partial charge is 0.326 e. The molecule has 0 radical (unpaired) electrons. The van der Waals surface area contributed by atoms with Gasteiger partial charge in [0.1, 0.15) is 0 Å². The summed E-state index contributed by atoms with van der Waals surface area (Å²) in [6.45, 7) is 0.160. The Morgan fingerprint density at radius 1 is 1.26 bits per heavy atom. The van der Waals surface area contributed by atoms with Crippen molar-refractivity contribution in [2.45, 2.75) is 23.8 Å². The van der Waals surface area contributed by atoms with Crippen LogP contribution in [-0.4, -0.2) is 31.0 Å². The molecule has 2 aromatic rings. The summed E-state index contributed by atoms with van der Waals surface area (Å²) in [5.41, 5.74) is 4.88. The predicted octanol–water partition coefficient (Wildman–Crippen LogP) is -0.346. The summed E-state index contributed by atoms with van der Waals surface area (Å²) >= 11 is 0. The second-order valence-electron chi connectivity index (χ2n) is 5.47. The topological polar surface area (TPSA) is 138 Å². The van der Waals surface area contributed by atoms with Crippen LogP contribution >= 0.6 is 12.4 Å². The maximum absolute atomic E-state index is 12.3. The molecule has 5 N–H and O–H groups in total. The van der Waals surface area contributed by atoms with Crippen LogP contribution in [0.2, 0.25) is 0 Å². The Morgan fingerprint density at radius 2 is 1.96 bits per heavy atom. The van der Waals surface area contributed by atoms with Gasteiger partial charge in [-0.15, -0.1) is 12.4 Å². The van der Waals surface area contributed by atoms with E-state index in [1.807, 2.05) is 0 Å². The number of aromatic nitrogens is 2. The maximum Gasteiger partial charge on any atom is 0.326 e. The zero-order chi connectivity index (χ0) is 15.9. The molecule has 10 heteroatoms. The number of sulfonamides is 1. The van der Waals surface area contributed by atoms with E-state index in [0.717, 1.165) is 12.8 Å². The summed E-state index contributed by atoms with van der Waals surface area (Å²) < 4.78 is 27.0. The van der Waals surface area contributed by atoms with E-state index in [0.29, 0.717) is 5.92 Å². The van der Waals surface area contributed by atoms with Crippen LogP contribution in [0.3, 0.4) is 0 Å². The lowest BCUT2D eigenvalue weighted by Gasteiger charge is -2.12. The molecule has 1 aromatic heterocycles. The van der Waals surface area contributed by atoms with Crippen LogP contribution in [0.4, 0.5) is 0 Å². The van der Waals surface area contributed by atoms with Gasteiger partial charge >= 0.3 is 5.69 Å². The third kappa shape index (κ3) is 3.81. The van der Waals surface area contributed by atoms with Crippen molar-refractivity contribution in [3.05, 3.63) is 39.0 Å². The number of halogens is 1. The lowest BCUT2D eigenvalue weighted by atomic mass is 10.2. The first-order chi connectivity index (χ1) is 10.4. The molecule has 3 rings (SSSR count). The molecular formula is C13H17ClN4O4S. The van der Waals surface area contributed by atoms with Crippen molar-refractivity contribution in [1.82, 2.24) is 14.7 Å². The number of fused-ring (bicyclic) bond motifs is 1. The van der Waals surface area contributed by atoms with E-state index in [2.05, 4.69) is 14.7 Å². The molecule has 0 saturated heterocycles. The third-order valence-corrected chi connectivity index (χ3v) is 5.18. The minimum Gasteiger partial charge on any atom is -0.326 e. The van der Waals surface area contributed by atoms with E-state index < -0.39 is 21.3 Å². The molecule has 0 amide bonds. The average Bonchev–Trinajstić information content (AvgIpc) is 3.29. The van der Waals surface area contributed by atoms with Crippen molar-refractivity contribution in [2.75, 3.05) is 6.54 Å². The fourth-order valence-electron chi connectivity index (χ4n) is 2.29. The molecule has 1 aromatic carbocycles. The first-order valence-electron chi connectivity index (χ1n) is 6.88. The molecule has 23 heavy (non-hydrogen) atoms. The summed E-state index contributed by atoms with van der Waals surface area (Å²) in [4.78, 5) is 27.4. The molecule has 1 saturated carbocycles. The number of H-pyrrole nitrogens is 2. The Balaban J connectivity index is 0.00000192. The van der Waals surface area contributed by atoms with Crippen molar-refractivity contribution in [1.29, 1.82) is 0 Å². The fourth-order valence-corrected chi connectivity index (χ4v) is 3.39. The second-order valence-corrected chi connectivity index (χ2v) is 7.24. The Bertz CT molecular complexity index is 933. The molecule has 1 aliphatic carbocycles. The van der Waals surface area contributed by atoms with E-state index >= 15 is 0 Å². The van der Waals surface area contributed by atoms with Crippen LogP contribution in [0.5, 0.6) is 0 Å². The van der Waals surface area contributed by atoms with Crippen LogP contribution in [0.15, 0.2) is 32.7 Å². The number of aromatic amines is 2. The summed E-state index contributed by atoms with van der Waals surface area (Å²) in [6, 6.07) is 3.76. The minimum atomic E-state index is -3.75. The first-order valence-corrected chi connectivity index (χ1v) is 8.37. The Morgan fingerprint density at radius 3 is 2.61 bits per heavy atom. The van der Waals surface area contributed by atoms with Crippen LogP contribution < -0.4 is 21.7 Å². The maximum atomic E-state index is 12.3. The van der Waals surface area contributed by atoms with E-state index in [-0.39, 0.29) is 40.8 Å². The SMILES string of the molecule is Cl.NC(CNS(=O)(=O)c1ccc2[nH]c(=O)[nH]c(=O)c2c1)C1CC1. The van der Waals surface area contributed by atoms with Crippen molar-refractivity contribution in [2.24, 2.45) is 11.7 Å². The van der Waals surface area contributed by atoms with Crippen molar-refractivity contribution < 1.29 is 8.42 Å². The molecule has 1 fully saturated rings. The van der Waals surface area contributed by atoms with E-state index in [1.165, 1.54) is 18.2 Å². The van der Waals surface area contributed by atoms with Gasteiger partial charge in [0.25, 0.3) is 5.56 Å². The highest BCUT2D eigenvalue weighted by Crippen LogP contribution is 2.31. The quantitative estimate of drug-likeness (QED) is 0.577. The summed E-state index contributed by atoms with van der Waals surface area (Å²) in [7, 11) is -3.75. The van der Waals surface area contributed by atoms with Gasteiger partial charge in [-0.3, -0.25) is 9.78 Å². The Labute approximate surface area is 137 Å². The van der Waals surface area contributed by atoms with Crippen molar-refractivity contribution in [3.63, 3.8) is 0 Å². The van der Waals surface area contributed by atoms with Crippen molar-refractivity contribution in [3.8, 4) is 0 Å². The molecule has 1 atom stereocenters. The Kier molecular flexibility index (Phi) is 4.95.